The quantitative estimate of drug-likeness (QED) is 0.865. The number of amides is 2. The number of halogens is 1. The van der Waals surface area contributed by atoms with Gasteiger partial charge in [-0.1, -0.05) is 12.1 Å². The third kappa shape index (κ3) is 3.62. The number of nitrogens with one attached hydrogen (secondary N) is 2. The van der Waals surface area contributed by atoms with Gasteiger partial charge in [0, 0.05) is 24.8 Å². The highest BCUT2D eigenvalue weighted by molar-refractivity contribution is 5.89. The van der Waals surface area contributed by atoms with Crippen molar-refractivity contribution in [3.05, 3.63) is 29.8 Å². The first kappa shape index (κ1) is 14.8. The monoisotopic (exact) mass is 269 g/mol. The number of carbonyl (C=O) groups excluding carboxylic acids is 1. The summed E-state index contributed by atoms with van der Waals surface area (Å²) in [5.41, 5.74) is 2.01. The molecule has 4 nitrogen and oxygen atoms in total. The van der Waals surface area contributed by atoms with Gasteiger partial charge < -0.3 is 15.5 Å². The number of likely N-dealkylation sites (N-methyl/N-ethyl adjacent to an activating group) is 1. The van der Waals surface area contributed by atoms with Crippen molar-refractivity contribution in [2.24, 2.45) is 0 Å². The first-order valence-electron chi connectivity index (χ1n) is 5.99. The van der Waals surface area contributed by atoms with Gasteiger partial charge in [0.1, 0.15) is 0 Å². The lowest BCUT2D eigenvalue weighted by Gasteiger charge is -2.17. The van der Waals surface area contributed by atoms with Crippen LogP contribution in [0.25, 0.3) is 0 Å². The molecule has 1 aromatic rings. The molecule has 0 aliphatic carbocycles. The molecule has 0 unspecified atom stereocenters. The molecule has 0 radical (unpaired) electrons. The van der Waals surface area contributed by atoms with Crippen molar-refractivity contribution < 1.29 is 4.79 Å². The smallest absolute Gasteiger partial charge is 0.321 e. The third-order valence-electron chi connectivity index (χ3n) is 3.15. The van der Waals surface area contributed by atoms with Crippen LogP contribution < -0.4 is 10.6 Å². The highest BCUT2D eigenvalue weighted by atomic mass is 35.5. The second kappa shape index (κ2) is 6.61. The molecule has 1 fully saturated rings. The predicted molar refractivity (Wildman–Crippen MR) is 76.5 cm³/mol. The molecule has 1 aliphatic heterocycles. The van der Waals surface area contributed by atoms with Crippen LogP contribution in [0.15, 0.2) is 24.3 Å². The molecule has 0 bridgehead atoms. The Morgan fingerprint density at radius 3 is 2.83 bits per heavy atom. The average Bonchev–Trinajstić information content (AvgIpc) is 2.77. The summed E-state index contributed by atoms with van der Waals surface area (Å²) >= 11 is 0. The van der Waals surface area contributed by atoms with E-state index in [4.69, 9.17) is 0 Å². The van der Waals surface area contributed by atoms with Crippen LogP contribution in [0.2, 0.25) is 0 Å². The average molecular weight is 270 g/mol. The summed E-state index contributed by atoms with van der Waals surface area (Å²) in [4.78, 5) is 13.8. The Labute approximate surface area is 114 Å². The van der Waals surface area contributed by atoms with Crippen molar-refractivity contribution in [3.63, 3.8) is 0 Å². The number of hydrogen-bond donors (Lipinski definition) is 2. The minimum atomic E-state index is -0.00616. The molecule has 18 heavy (non-hydrogen) atoms. The summed E-state index contributed by atoms with van der Waals surface area (Å²) in [5, 5.41) is 6.13. The fourth-order valence-corrected chi connectivity index (χ4v) is 2.11. The highest BCUT2D eigenvalue weighted by Gasteiger charge is 2.24. The van der Waals surface area contributed by atoms with E-state index < -0.39 is 0 Å². The second-order valence-corrected chi connectivity index (χ2v) is 4.52. The largest absolute Gasteiger partial charge is 0.323 e. The van der Waals surface area contributed by atoms with Crippen LogP contribution in [0.1, 0.15) is 12.0 Å². The number of carbonyl (C=O) groups is 1. The Morgan fingerprint density at radius 1 is 1.44 bits per heavy atom. The number of benzene rings is 1. The Balaban J connectivity index is 0.00000162. The summed E-state index contributed by atoms with van der Waals surface area (Å²) in [6.45, 7) is 3.62. The standard InChI is InChI=1S/C13H19N3O.ClH/c1-10-4-3-5-11(8-10)15-13(17)16-7-6-12(9-16)14-2;/h3-5,8,12,14H,6-7,9H2,1-2H3,(H,15,17);1H/t12-;/m0./s1. The molecule has 1 aliphatic rings. The fraction of sp³-hybridized carbons (Fsp3) is 0.462. The Morgan fingerprint density at radius 2 is 2.22 bits per heavy atom. The molecule has 0 aromatic heterocycles. The molecule has 0 saturated carbocycles. The molecule has 1 heterocycles. The van der Waals surface area contributed by atoms with Gasteiger partial charge >= 0.3 is 6.03 Å². The van der Waals surface area contributed by atoms with Gasteiger partial charge in [-0.2, -0.15) is 0 Å². The third-order valence-corrected chi connectivity index (χ3v) is 3.15. The van der Waals surface area contributed by atoms with Crippen molar-refractivity contribution in [3.8, 4) is 0 Å². The minimum Gasteiger partial charge on any atom is -0.323 e. The summed E-state index contributed by atoms with van der Waals surface area (Å²) in [7, 11) is 1.94. The van der Waals surface area contributed by atoms with Crippen LogP contribution >= 0.6 is 12.4 Å². The van der Waals surface area contributed by atoms with E-state index in [1.807, 2.05) is 43.1 Å². The van der Waals surface area contributed by atoms with Gasteiger partial charge in [-0.25, -0.2) is 4.79 Å². The van der Waals surface area contributed by atoms with Gasteiger partial charge in [0.2, 0.25) is 0 Å². The number of rotatable bonds is 2. The van der Waals surface area contributed by atoms with Crippen LogP contribution in [0.4, 0.5) is 10.5 Å². The molecular weight excluding hydrogens is 250 g/mol. The van der Waals surface area contributed by atoms with E-state index >= 15 is 0 Å². The van der Waals surface area contributed by atoms with Crippen molar-refractivity contribution in [2.45, 2.75) is 19.4 Å². The lowest BCUT2D eigenvalue weighted by molar-refractivity contribution is 0.221. The zero-order valence-corrected chi connectivity index (χ0v) is 11.6. The number of anilines is 1. The zero-order chi connectivity index (χ0) is 12.3. The lowest BCUT2D eigenvalue weighted by Crippen LogP contribution is -2.36. The van der Waals surface area contributed by atoms with Gasteiger partial charge in [0.05, 0.1) is 0 Å². The fourth-order valence-electron chi connectivity index (χ4n) is 2.11. The van der Waals surface area contributed by atoms with E-state index in [0.717, 1.165) is 30.8 Å². The van der Waals surface area contributed by atoms with Crippen LogP contribution in [-0.2, 0) is 0 Å². The maximum absolute atomic E-state index is 12.0. The van der Waals surface area contributed by atoms with Crippen molar-refractivity contribution in [1.29, 1.82) is 0 Å². The molecule has 2 rings (SSSR count). The lowest BCUT2D eigenvalue weighted by atomic mass is 10.2. The van der Waals surface area contributed by atoms with Crippen LogP contribution in [-0.4, -0.2) is 37.1 Å². The van der Waals surface area contributed by atoms with Crippen LogP contribution in [0.3, 0.4) is 0 Å². The highest BCUT2D eigenvalue weighted by Crippen LogP contribution is 2.13. The first-order chi connectivity index (χ1) is 8.19. The maximum Gasteiger partial charge on any atom is 0.321 e. The normalized spacial score (nSPS) is 18.3. The molecule has 1 aromatic carbocycles. The molecule has 0 spiro atoms. The summed E-state index contributed by atoms with van der Waals surface area (Å²) in [5.74, 6) is 0. The molecular formula is C13H20ClN3O. The van der Waals surface area contributed by atoms with Gasteiger partial charge in [-0.05, 0) is 38.1 Å². The summed E-state index contributed by atoms with van der Waals surface area (Å²) < 4.78 is 0. The Kier molecular flexibility index (Phi) is 5.44. The number of hydrogen-bond acceptors (Lipinski definition) is 2. The maximum atomic E-state index is 12.0. The van der Waals surface area contributed by atoms with Gasteiger partial charge in [-0.15, -0.1) is 12.4 Å². The number of likely N-dealkylation sites (tertiary alicyclic amines) is 1. The molecule has 1 saturated heterocycles. The number of urea groups is 1. The number of aryl methyl sites for hydroxylation is 1. The van der Waals surface area contributed by atoms with Crippen molar-refractivity contribution in [2.75, 3.05) is 25.5 Å². The van der Waals surface area contributed by atoms with E-state index in [9.17, 15) is 4.79 Å². The first-order valence-corrected chi connectivity index (χ1v) is 5.99. The summed E-state index contributed by atoms with van der Waals surface area (Å²) in [6.07, 6.45) is 1.03. The number of nitrogens with zero attached hydrogens (tertiary/aromatic N) is 1. The summed E-state index contributed by atoms with van der Waals surface area (Å²) in [6, 6.07) is 8.28. The Bertz CT molecular complexity index is 411. The SMILES string of the molecule is CN[C@H]1CCN(C(=O)Nc2cccc(C)c2)C1.Cl. The molecule has 2 N–H and O–H groups in total. The van der Waals surface area contributed by atoms with E-state index in [0.29, 0.717) is 6.04 Å². The van der Waals surface area contributed by atoms with Gasteiger partial charge in [0.25, 0.3) is 0 Å². The van der Waals surface area contributed by atoms with E-state index in [1.165, 1.54) is 0 Å². The van der Waals surface area contributed by atoms with E-state index in [2.05, 4.69) is 10.6 Å². The molecule has 2 amide bonds. The zero-order valence-electron chi connectivity index (χ0n) is 10.8. The molecule has 1 atom stereocenters. The van der Waals surface area contributed by atoms with Crippen molar-refractivity contribution >= 4 is 24.1 Å². The Hall–Kier alpha value is -1.26. The van der Waals surface area contributed by atoms with Gasteiger partial charge in [0.15, 0.2) is 0 Å². The predicted octanol–water partition coefficient (Wildman–Crippen LogP) is 2.24. The van der Waals surface area contributed by atoms with Crippen LogP contribution in [0, 0.1) is 6.92 Å². The molecule has 100 valence electrons. The van der Waals surface area contributed by atoms with Crippen LogP contribution in [0.5, 0.6) is 0 Å². The van der Waals surface area contributed by atoms with E-state index in [-0.39, 0.29) is 18.4 Å². The second-order valence-electron chi connectivity index (χ2n) is 4.52. The topological polar surface area (TPSA) is 44.4 Å². The van der Waals surface area contributed by atoms with E-state index in [1.54, 1.807) is 0 Å². The van der Waals surface area contributed by atoms with Gasteiger partial charge in [-0.3, -0.25) is 0 Å². The molecule has 5 heteroatoms. The minimum absolute atomic E-state index is 0. The van der Waals surface area contributed by atoms with Crippen molar-refractivity contribution in [1.82, 2.24) is 10.2 Å².